The highest BCUT2D eigenvalue weighted by Crippen LogP contribution is 2.31. The predicted molar refractivity (Wildman–Crippen MR) is 90.7 cm³/mol. The Labute approximate surface area is 136 Å². The number of nitrogens with zero attached hydrogens (tertiary/aromatic N) is 1. The van der Waals surface area contributed by atoms with E-state index in [1.807, 2.05) is 42.2 Å². The molecule has 23 heavy (non-hydrogen) atoms. The van der Waals surface area contributed by atoms with Crippen molar-refractivity contribution in [3.63, 3.8) is 0 Å². The average molecular weight is 313 g/mol. The predicted octanol–water partition coefficient (Wildman–Crippen LogP) is 2.94. The van der Waals surface area contributed by atoms with Gasteiger partial charge >= 0.3 is 0 Å². The zero-order chi connectivity index (χ0) is 16.4. The first-order valence-corrected chi connectivity index (χ1v) is 8.13. The molecule has 1 saturated carbocycles. The molecule has 0 aromatic heterocycles. The van der Waals surface area contributed by atoms with Gasteiger partial charge in [-0.2, -0.15) is 0 Å². The van der Waals surface area contributed by atoms with Gasteiger partial charge in [-0.25, -0.2) is 0 Å². The maximum Gasteiger partial charge on any atom is 0.230 e. The van der Waals surface area contributed by atoms with E-state index in [0.29, 0.717) is 12.6 Å². The minimum absolute atomic E-state index is 0.0203. The normalized spacial score (nSPS) is 15.4. The van der Waals surface area contributed by atoms with E-state index in [2.05, 4.69) is 6.07 Å². The van der Waals surface area contributed by atoms with E-state index >= 15 is 0 Å². The number of hydrogen-bond donors (Lipinski definition) is 1. The van der Waals surface area contributed by atoms with Gasteiger partial charge in [-0.3, -0.25) is 4.79 Å². The quantitative estimate of drug-likeness (QED) is 0.892. The summed E-state index contributed by atoms with van der Waals surface area (Å²) in [7, 11) is 1.66. The summed E-state index contributed by atoms with van der Waals surface area (Å²) < 4.78 is 5.25. The van der Waals surface area contributed by atoms with E-state index in [4.69, 9.17) is 4.74 Å². The Bertz CT molecular complexity index is 709. The van der Waals surface area contributed by atoms with Crippen LogP contribution in [0.1, 0.15) is 31.2 Å². The van der Waals surface area contributed by atoms with Crippen molar-refractivity contribution in [2.24, 2.45) is 0 Å². The number of aliphatic hydroxyl groups is 1. The molecule has 2 aromatic carbocycles. The van der Waals surface area contributed by atoms with E-state index in [1.54, 1.807) is 7.11 Å². The van der Waals surface area contributed by atoms with Crippen LogP contribution in [0.3, 0.4) is 0 Å². The van der Waals surface area contributed by atoms with E-state index in [0.717, 1.165) is 34.9 Å². The summed E-state index contributed by atoms with van der Waals surface area (Å²) in [6.07, 6.45) is 2.10. The highest BCUT2D eigenvalue weighted by molar-refractivity contribution is 5.88. The lowest BCUT2D eigenvalue weighted by Crippen LogP contribution is -2.38. The molecular formula is C19H23NO3. The van der Waals surface area contributed by atoms with Gasteiger partial charge in [0.05, 0.1) is 19.6 Å². The van der Waals surface area contributed by atoms with E-state index in [1.165, 1.54) is 0 Å². The van der Waals surface area contributed by atoms with E-state index in [-0.39, 0.29) is 18.4 Å². The van der Waals surface area contributed by atoms with Gasteiger partial charge in [0.15, 0.2) is 0 Å². The molecule has 0 spiro atoms. The number of methoxy groups -OCH3 is 1. The topological polar surface area (TPSA) is 49.8 Å². The van der Waals surface area contributed by atoms with Crippen LogP contribution in [0.25, 0.3) is 10.8 Å². The first-order chi connectivity index (χ1) is 11.1. The number of aliphatic hydroxyl groups excluding tert-OH is 1. The van der Waals surface area contributed by atoms with Gasteiger partial charge in [-0.15, -0.1) is 0 Å². The van der Waals surface area contributed by atoms with Crippen LogP contribution in [0.15, 0.2) is 36.4 Å². The van der Waals surface area contributed by atoms with Gasteiger partial charge in [0.25, 0.3) is 0 Å². The van der Waals surface area contributed by atoms with Crippen LogP contribution in [-0.2, 0) is 4.79 Å². The van der Waals surface area contributed by atoms with E-state index in [9.17, 15) is 9.90 Å². The van der Waals surface area contributed by atoms with Crippen LogP contribution in [-0.4, -0.2) is 42.2 Å². The molecule has 2 aromatic rings. The number of carbonyl (C=O) groups is 1. The van der Waals surface area contributed by atoms with E-state index < -0.39 is 0 Å². The second kappa shape index (κ2) is 6.59. The lowest BCUT2D eigenvalue weighted by molar-refractivity contribution is -0.133. The van der Waals surface area contributed by atoms with Crippen molar-refractivity contribution in [2.45, 2.75) is 31.7 Å². The summed E-state index contributed by atoms with van der Waals surface area (Å²) in [5, 5.41) is 11.4. The molecule has 0 radical (unpaired) electrons. The van der Waals surface area contributed by atoms with Gasteiger partial charge in [0, 0.05) is 12.6 Å². The summed E-state index contributed by atoms with van der Waals surface area (Å²) in [6, 6.07) is 12.4. The molecule has 1 aliphatic rings. The number of hydrogen-bond acceptors (Lipinski definition) is 3. The molecule has 122 valence electrons. The molecule has 1 atom stereocenters. The van der Waals surface area contributed by atoms with Gasteiger partial charge in [0.1, 0.15) is 5.75 Å². The number of amides is 1. The highest BCUT2D eigenvalue weighted by Gasteiger charge is 2.34. The van der Waals surface area contributed by atoms with Gasteiger partial charge in [0.2, 0.25) is 5.91 Å². The fourth-order valence-electron chi connectivity index (χ4n) is 3.00. The molecule has 4 nitrogen and oxygen atoms in total. The Morgan fingerprint density at radius 3 is 2.61 bits per heavy atom. The Kier molecular flexibility index (Phi) is 4.53. The van der Waals surface area contributed by atoms with Crippen molar-refractivity contribution in [1.82, 2.24) is 4.90 Å². The lowest BCUT2D eigenvalue weighted by atomic mass is 9.96. The fraction of sp³-hybridized carbons (Fsp3) is 0.421. The number of carbonyl (C=O) groups excluding carboxylic acids is 1. The first-order valence-electron chi connectivity index (χ1n) is 8.13. The van der Waals surface area contributed by atoms with Crippen LogP contribution in [0.4, 0.5) is 0 Å². The largest absolute Gasteiger partial charge is 0.497 e. The molecule has 0 unspecified atom stereocenters. The summed E-state index contributed by atoms with van der Waals surface area (Å²) >= 11 is 0. The second-order valence-electron chi connectivity index (χ2n) is 6.18. The second-order valence-corrected chi connectivity index (χ2v) is 6.18. The summed E-state index contributed by atoms with van der Waals surface area (Å²) in [6.45, 7) is 2.39. The Morgan fingerprint density at radius 1 is 1.26 bits per heavy atom. The zero-order valence-electron chi connectivity index (χ0n) is 13.7. The maximum absolute atomic E-state index is 12.7. The maximum atomic E-state index is 12.7. The molecule has 1 N–H and O–H groups in total. The Morgan fingerprint density at radius 2 is 1.96 bits per heavy atom. The zero-order valence-corrected chi connectivity index (χ0v) is 13.7. The third kappa shape index (κ3) is 3.32. The SMILES string of the molecule is COc1ccc2cc([C@H](C)C(=O)N(CCO)C3CC3)ccc2c1. The fourth-order valence-corrected chi connectivity index (χ4v) is 3.00. The molecule has 3 rings (SSSR count). The Balaban J connectivity index is 1.84. The lowest BCUT2D eigenvalue weighted by Gasteiger charge is -2.25. The third-order valence-corrected chi connectivity index (χ3v) is 4.55. The molecule has 0 aliphatic heterocycles. The summed E-state index contributed by atoms with van der Waals surface area (Å²) in [5.41, 5.74) is 1.01. The highest BCUT2D eigenvalue weighted by atomic mass is 16.5. The number of ether oxygens (including phenoxy) is 1. The van der Waals surface area contributed by atoms with Crippen LogP contribution in [0, 0.1) is 0 Å². The molecule has 1 amide bonds. The molecular weight excluding hydrogens is 290 g/mol. The van der Waals surface area contributed by atoms with Crippen molar-refractivity contribution in [3.05, 3.63) is 42.0 Å². The first kappa shape index (κ1) is 15.8. The van der Waals surface area contributed by atoms with Crippen molar-refractivity contribution in [3.8, 4) is 5.75 Å². The Hall–Kier alpha value is -2.07. The molecule has 4 heteroatoms. The molecule has 0 heterocycles. The van der Waals surface area contributed by atoms with Crippen LogP contribution in [0.5, 0.6) is 5.75 Å². The number of benzene rings is 2. The van der Waals surface area contributed by atoms with Crippen molar-refractivity contribution in [2.75, 3.05) is 20.3 Å². The monoisotopic (exact) mass is 313 g/mol. The number of rotatable bonds is 6. The minimum Gasteiger partial charge on any atom is -0.497 e. The average Bonchev–Trinajstić information content (AvgIpc) is 3.42. The summed E-state index contributed by atoms with van der Waals surface area (Å²) in [5.74, 6) is 0.736. The molecule has 0 bridgehead atoms. The standard InChI is InChI=1S/C19H23NO3/c1-13(19(22)20(9-10-21)17-6-7-17)14-3-4-16-12-18(23-2)8-5-15(16)11-14/h3-5,8,11-13,17,21H,6-7,9-10H2,1-2H3/t13-/m0/s1. The van der Waals surface area contributed by atoms with Crippen LogP contribution >= 0.6 is 0 Å². The third-order valence-electron chi connectivity index (χ3n) is 4.55. The van der Waals surface area contributed by atoms with Crippen LogP contribution < -0.4 is 4.74 Å². The summed E-state index contributed by atoms with van der Waals surface area (Å²) in [4.78, 5) is 14.6. The number of fused-ring (bicyclic) bond motifs is 1. The van der Waals surface area contributed by atoms with Crippen molar-refractivity contribution < 1.29 is 14.6 Å². The van der Waals surface area contributed by atoms with Crippen molar-refractivity contribution in [1.29, 1.82) is 0 Å². The minimum atomic E-state index is -0.200. The molecule has 1 fully saturated rings. The molecule has 0 saturated heterocycles. The molecule has 1 aliphatic carbocycles. The van der Waals surface area contributed by atoms with Gasteiger partial charge in [-0.05, 0) is 48.2 Å². The van der Waals surface area contributed by atoms with Gasteiger partial charge < -0.3 is 14.7 Å². The smallest absolute Gasteiger partial charge is 0.230 e. The van der Waals surface area contributed by atoms with Crippen LogP contribution in [0.2, 0.25) is 0 Å². The van der Waals surface area contributed by atoms with Crippen molar-refractivity contribution >= 4 is 16.7 Å². The van der Waals surface area contributed by atoms with Gasteiger partial charge in [-0.1, -0.05) is 24.3 Å².